The summed E-state index contributed by atoms with van der Waals surface area (Å²) in [5, 5.41) is 6.44. The Morgan fingerprint density at radius 2 is 1.70 bits per heavy atom. The van der Waals surface area contributed by atoms with Crippen LogP contribution in [0.1, 0.15) is 31.2 Å². The van der Waals surface area contributed by atoms with Crippen LogP contribution >= 0.6 is 11.6 Å². The first-order valence-corrected chi connectivity index (χ1v) is 11.9. The Kier molecular flexibility index (Phi) is 8.07. The van der Waals surface area contributed by atoms with Gasteiger partial charge in [0.05, 0.1) is 30.5 Å². The number of hydrogen-bond acceptors (Lipinski definition) is 5. The number of halogens is 1. The molecule has 176 valence electrons. The lowest BCUT2D eigenvalue weighted by molar-refractivity contribution is -0.122. The number of anilines is 1. The van der Waals surface area contributed by atoms with Crippen LogP contribution in [0.5, 0.6) is 11.5 Å². The molecule has 0 aliphatic carbocycles. The molecule has 0 saturated carbocycles. The number of piperidine rings is 1. The zero-order valence-electron chi connectivity index (χ0n) is 18.6. The molecule has 2 N–H and O–H groups in total. The molecule has 1 saturated heterocycles. The van der Waals surface area contributed by atoms with E-state index in [9.17, 15) is 9.59 Å². The zero-order chi connectivity index (χ0) is 23.0. The SMILES string of the molecule is O=C(CN1CCC(NC(=O)CCc2ccccc2)CC1)Nc1cc2c(cc1Cl)OCCCO2. The summed E-state index contributed by atoms with van der Waals surface area (Å²) in [6, 6.07) is 13.6. The van der Waals surface area contributed by atoms with Crippen molar-refractivity contribution in [2.75, 3.05) is 38.2 Å². The number of hydrogen-bond donors (Lipinski definition) is 2. The molecule has 0 radical (unpaired) electrons. The largest absolute Gasteiger partial charge is 0.490 e. The summed E-state index contributed by atoms with van der Waals surface area (Å²) in [5.41, 5.74) is 1.69. The predicted octanol–water partition coefficient (Wildman–Crippen LogP) is 3.65. The summed E-state index contributed by atoms with van der Waals surface area (Å²) < 4.78 is 11.3. The number of fused-ring (bicyclic) bond motifs is 1. The van der Waals surface area contributed by atoms with Crippen molar-refractivity contribution < 1.29 is 19.1 Å². The number of benzene rings is 2. The molecular formula is C25H30ClN3O4. The minimum Gasteiger partial charge on any atom is -0.490 e. The number of nitrogens with one attached hydrogen (secondary N) is 2. The van der Waals surface area contributed by atoms with E-state index in [1.807, 2.05) is 30.3 Å². The fourth-order valence-electron chi connectivity index (χ4n) is 4.11. The lowest BCUT2D eigenvalue weighted by atomic mass is 10.0. The predicted molar refractivity (Wildman–Crippen MR) is 128 cm³/mol. The number of aryl methyl sites for hydroxylation is 1. The Hall–Kier alpha value is -2.77. The zero-order valence-corrected chi connectivity index (χ0v) is 19.4. The van der Waals surface area contributed by atoms with E-state index in [1.165, 1.54) is 5.56 Å². The number of likely N-dealkylation sites (tertiary alicyclic amines) is 1. The van der Waals surface area contributed by atoms with E-state index in [2.05, 4.69) is 15.5 Å². The molecule has 8 heteroatoms. The van der Waals surface area contributed by atoms with Gasteiger partial charge in [0.15, 0.2) is 11.5 Å². The van der Waals surface area contributed by atoms with Crippen molar-refractivity contribution in [2.45, 2.75) is 38.1 Å². The fraction of sp³-hybridized carbons (Fsp3) is 0.440. The van der Waals surface area contributed by atoms with Gasteiger partial charge < -0.3 is 20.1 Å². The Morgan fingerprint density at radius 3 is 2.42 bits per heavy atom. The second-order valence-corrected chi connectivity index (χ2v) is 8.89. The van der Waals surface area contributed by atoms with Crippen molar-refractivity contribution in [3.63, 3.8) is 0 Å². The highest BCUT2D eigenvalue weighted by Crippen LogP contribution is 2.37. The Labute approximate surface area is 199 Å². The van der Waals surface area contributed by atoms with Crippen LogP contribution in [0, 0.1) is 0 Å². The average molecular weight is 472 g/mol. The molecule has 0 spiro atoms. The van der Waals surface area contributed by atoms with Crippen molar-refractivity contribution in [2.24, 2.45) is 0 Å². The number of ether oxygens (including phenoxy) is 2. The van der Waals surface area contributed by atoms with Gasteiger partial charge in [-0.2, -0.15) is 0 Å². The van der Waals surface area contributed by atoms with E-state index < -0.39 is 0 Å². The molecule has 2 aliphatic rings. The molecule has 1 fully saturated rings. The van der Waals surface area contributed by atoms with E-state index >= 15 is 0 Å². The second kappa shape index (κ2) is 11.4. The van der Waals surface area contributed by atoms with Crippen LogP contribution in [-0.4, -0.2) is 55.6 Å². The highest BCUT2D eigenvalue weighted by atomic mass is 35.5. The Balaban J connectivity index is 1.19. The highest BCUT2D eigenvalue weighted by molar-refractivity contribution is 6.34. The third-order valence-corrected chi connectivity index (χ3v) is 6.23. The molecule has 2 aromatic rings. The van der Waals surface area contributed by atoms with Gasteiger partial charge in [-0.3, -0.25) is 14.5 Å². The van der Waals surface area contributed by atoms with E-state index in [4.69, 9.17) is 21.1 Å². The van der Waals surface area contributed by atoms with Gasteiger partial charge in [-0.25, -0.2) is 0 Å². The maximum atomic E-state index is 12.6. The Morgan fingerprint density at radius 1 is 1.00 bits per heavy atom. The van der Waals surface area contributed by atoms with Crippen molar-refractivity contribution in [3.8, 4) is 11.5 Å². The summed E-state index contributed by atoms with van der Waals surface area (Å²) in [6.45, 7) is 2.94. The molecule has 2 heterocycles. The lowest BCUT2D eigenvalue weighted by Gasteiger charge is -2.31. The minimum absolute atomic E-state index is 0.0825. The lowest BCUT2D eigenvalue weighted by Crippen LogP contribution is -2.46. The van der Waals surface area contributed by atoms with Gasteiger partial charge in [0.2, 0.25) is 11.8 Å². The second-order valence-electron chi connectivity index (χ2n) is 8.48. The van der Waals surface area contributed by atoms with Gasteiger partial charge in [0.25, 0.3) is 0 Å². The summed E-state index contributed by atoms with van der Waals surface area (Å²) in [4.78, 5) is 27.0. The number of carbonyl (C=O) groups is 2. The summed E-state index contributed by atoms with van der Waals surface area (Å²) >= 11 is 6.33. The molecule has 0 atom stereocenters. The number of amides is 2. The first-order valence-electron chi connectivity index (χ1n) is 11.5. The summed E-state index contributed by atoms with van der Waals surface area (Å²) in [5.74, 6) is 1.15. The smallest absolute Gasteiger partial charge is 0.238 e. The molecule has 2 aromatic carbocycles. The van der Waals surface area contributed by atoms with E-state index in [0.29, 0.717) is 41.8 Å². The third kappa shape index (κ3) is 6.85. The number of carbonyl (C=O) groups excluding carboxylic acids is 2. The minimum atomic E-state index is -0.128. The van der Waals surface area contributed by atoms with Crippen molar-refractivity contribution in [1.82, 2.24) is 10.2 Å². The molecule has 33 heavy (non-hydrogen) atoms. The van der Waals surface area contributed by atoms with Crippen LogP contribution in [0.2, 0.25) is 5.02 Å². The molecule has 0 unspecified atom stereocenters. The van der Waals surface area contributed by atoms with Crippen LogP contribution in [0.4, 0.5) is 5.69 Å². The van der Waals surface area contributed by atoms with Gasteiger partial charge in [0, 0.05) is 44.1 Å². The van der Waals surface area contributed by atoms with Crippen LogP contribution < -0.4 is 20.1 Å². The highest BCUT2D eigenvalue weighted by Gasteiger charge is 2.23. The van der Waals surface area contributed by atoms with Crippen LogP contribution in [0.25, 0.3) is 0 Å². The van der Waals surface area contributed by atoms with E-state index in [1.54, 1.807) is 12.1 Å². The van der Waals surface area contributed by atoms with Crippen LogP contribution in [-0.2, 0) is 16.0 Å². The molecule has 0 aromatic heterocycles. The third-order valence-electron chi connectivity index (χ3n) is 5.91. The topological polar surface area (TPSA) is 79.9 Å². The number of rotatable bonds is 7. The van der Waals surface area contributed by atoms with Gasteiger partial charge in [-0.15, -0.1) is 0 Å². The number of nitrogens with zero attached hydrogens (tertiary/aromatic N) is 1. The van der Waals surface area contributed by atoms with E-state index in [-0.39, 0.29) is 24.4 Å². The van der Waals surface area contributed by atoms with Gasteiger partial charge in [0.1, 0.15) is 0 Å². The van der Waals surface area contributed by atoms with E-state index in [0.717, 1.165) is 38.8 Å². The normalized spacial score (nSPS) is 16.6. The summed E-state index contributed by atoms with van der Waals surface area (Å²) in [7, 11) is 0. The van der Waals surface area contributed by atoms with Gasteiger partial charge in [-0.1, -0.05) is 41.9 Å². The molecule has 2 amide bonds. The fourth-order valence-corrected chi connectivity index (χ4v) is 4.31. The first-order chi connectivity index (χ1) is 16.1. The Bertz CT molecular complexity index is 962. The maximum Gasteiger partial charge on any atom is 0.238 e. The van der Waals surface area contributed by atoms with Crippen molar-refractivity contribution in [3.05, 3.63) is 53.1 Å². The molecule has 7 nitrogen and oxygen atoms in total. The van der Waals surface area contributed by atoms with Gasteiger partial charge >= 0.3 is 0 Å². The molecule has 0 bridgehead atoms. The average Bonchev–Trinajstić information content (AvgIpc) is 3.05. The standard InChI is InChI=1S/C25H30ClN3O4/c26-20-15-22-23(33-14-4-13-32-22)16-21(20)28-25(31)17-29-11-9-19(10-12-29)27-24(30)8-7-18-5-2-1-3-6-18/h1-3,5-6,15-16,19H,4,7-14,17H2,(H,27,30)(H,28,31). The van der Waals surface area contributed by atoms with Crippen LogP contribution in [0.15, 0.2) is 42.5 Å². The molecule has 2 aliphatic heterocycles. The van der Waals surface area contributed by atoms with Crippen molar-refractivity contribution in [1.29, 1.82) is 0 Å². The quantitative estimate of drug-likeness (QED) is 0.644. The summed E-state index contributed by atoms with van der Waals surface area (Å²) in [6.07, 6.45) is 3.69. The van der Waals surface area contributed by atoms with Crippen molar-refractivity contribution >= 4 is 29.1 Å². The maximum absolute atomic E-state index is 12.6. The molecule has 4 rings (SSSR count). The van der Waals surface area contributed by atoms with Crippen LogP contribution in [0.3, 0.4) is 0 Å². The monoisotopic (exact) mass is 471 g/mol. The van der Waals surface area contributed by atoms with Gasteiger partial charge in [-0.05, 0) is 24.8 Å². The first kappa shape index (κ1) is 23.4. The molecular weight excluding hydrogens is 442 g/mol.